The van der Waals surface area contributed by atoms with Gasteiger partial charge in [-0.15, -0.1) is 0 Å². The second-order valence-corrected chi connectivity index (χ2v) is 5.49. The Labute approximate surface area is 143 Å². The van der Waals surface area contributed by atoms with Crippen LogP contribution in [-0.4, -0.2) is 15.5 Å². The number of hydrogen-bond donors (Lipinski definition) is 1. The van der Waals surface area contributed by atoms with E-state index in [4.69, 9.17) is 4.42 Å². The molecule has 0 aliphatic rings. The van der Waals surface area contributed by atoms with Crippen molar-refractivity contribution < 1.29 is 14.3 Å². The van der Waals surface area contributed by atoms with Gasteiger partial charge in [0.05, 0.1) is 18.4 Å². The first kappa shape index (κ1) is 16.3. The van der Waals surface area contributed by atoms with E-state index < -0.39 is 17.2 Å². The second-order valence-electron chi connectivity index (χ2n) is 5.49. The van der Waals surface area contributed by atoms with E-state index in [1.54, 1.807) is 30.3 Å². The standard InChI is InChI=1S/C19H14N2O4/c1-12-14(10-20)18(23)21(11-13-6-3-2-4-7-13)19(24)16(12)17(22)15-8-5-9-25-15/h2-9,24H,11H2,1H3. The number of furan rings is 1. The molecule has 1 aromatic carbocycles. The number of aromatic nitrogens is 1. The molecule has 0 atom stereocenters. The lowest BCUT2D eigenvalue weighted by Gasteiger charge is -2.15. The second kappa shape index (κ2) is 6.49. The molecular weight excluding hydrogens is 320 g/mol. The average molecular weight is 334 g/mol. The van der Waals surface area contributed by atoms with Crippen LogP contribution in [0.1, 0.15) is 32.8 Å². The fourth-order valence-electron chi connectivity index (χ4n) is 2.67. The molecule has 0 spiro atoms. The summed E-state index contributed by atoms with van der Waals surface area (Å²) >= 11 is 0. The Morgan fingerprint density at radius 2 is 1.96 bits per heavy atom. The Balaban J connectivity index is 2.23. The van der Waals surface area contributed by atoms with E-state index in [-0.39, 0.29) is 29.0 Å². The van der Waals surface area contributed by atoms with E-state index in [0.717, 1.165) is 10.1 Å². The molecule has 6 nitrogen and oxygen atoms in total. The molecule has 0 saturated carbocycles. The maximum absolute atomic E-state index is 12.7. The Morgan fingerprint density at radius 1 is 1.24 bits per heavy atom. The monoisotopic (exact) mass is 334 g/mol. The molecule has 0 unspecified atom stereocenters. The summed E-state index contributed by atoms with van der Waals surface area (Å²) in [6, 6.07) is 13.8. The molecule has 0 fully saturated rings. The van der Waals surface area contributed by atoms with E-state index in [0.29, 0.717) is 0 Å². The third kappa shape index (κ3) is 2.83. The molecule has 0 aliphatic heterocycles. The number of pyridine rings is 1. The minimum atomic E-state index is -0.641. The summed E-state index contributed by atoms with van der Waals surface area (Å²) in [7, 11) is 0. The van der Waals surface area contributed by atoms with Crippen molar-refractivity contribution in [2.45, 2.75) is 13.5 Å². The van der Waals surface area contributed by atoms with Crippen molar-refractivity contribution in [3.63, 3.8) is 0 Å². The Kier molecular flexibility index (Phi) is 4.23. The van der Waals surface area contributed by atoms with Gasteiger partial charge in [-0.1, -0.05) is 30.3 Å². The molecule has 25 heavy (non-hydrogen) atoms. The number of carbonyl (C=O) groups excluding carboxylic acids is 1. The lowest BCUT2D eigenvalue weighted by molar-refractivity contribution is 0.100. The van der Waals surface area contributed by atoms with Crippen LogP contribution >= 0.6 is 0 Å². The fraction of sp³-hybridized carbons (Fsp3) is 0.105. The summed E-state index contributed by atoms with van der Waals surface area (Å²) in [5.41, 5.74) is -0.0391. The highest BCUT2D eigenvalue weighted by molar-refractivity contribution is 6.09. The van der Waals surface area contributed by atoms with Crippen LogP contribution in [0.15, 0.2) is 57.9 Å². The number of carbonyl (C=O) groups is 1. The molecular formula is C19H14N2O4. The third-order valence-corrected chi connectivity index (χ3v) is 3.96. The molecule has 2 aromatic heterocycles. The number of benzene rings is 1. The molecule has 0 saturated heterocycles. The number of ketones is 1. The van der Waals surface area contributed by atoms with Gasteiger partial charge in [0.2, 0.25) is 11.7 Å². The zero-order valence-corrected chi connectivity index (χ0v) is 13.4. The van der Waals surface area contributed by atoms with Gasteiger partial charge in [-0.3, -0.25) is 14.2 Å². The van der Waals surface area contributed by atoms with Crippen LogP contribution in [0.25, 0.3) is 0 Å². The maximum atomic E-state index is 12.7. The summed E-state index contributed by atoms with van der Waals surface area (Å²) in [4.78, 5) is 25.2. The normalized spacial score (nSPS) is 10.4. The first-order valence-electron chi connectivity index (χ1n) is 7.53. The largest absolute Gasteiger partial charge is 0.494 e. The van der Waals surface area contributed by atoms with Crippen LogP contribution < -0.4 is 5.56 Å². The lowest BCUT2D eigenvalue weighted by atomic mass is 10.00. The quantitative estimate of drug-likeness (QED) is 0.740. The first-order valence-corrected chi connectivity index (χ1v) is 7.53. The predicted molar refractivity (Wildman–Crippen MR) is 89.5 cm³/mol. The Morgan fingerprint density at radius 3 is 2.56 bits per heavy atom. The minimum absolute atomic E-state index is 0.0206. The van der Waals surface area contributed by atoms with Crippen LogP contribution in [0.3, 0.4) is 0 Å². The molecule has 0 aliphatic carbocycles. The van der Waals surface area contributed by atoms with Crippen molar-refractivity contribution >= 4 is 5.78 Å². The summed E-state index contributed by atoms with van der Waals surface area (Å²) < 4.78 is 6.12. The van der Waals surface area contributed by atoms with Crippen LogP contribution in [0.4, 0.5) is 0 Å². The summed E-state index contributed by atoms with van der Waals surface area (Å²) in [5, 5.41) is 19.9. The molecule has 0 amide bonds. The van der Waals surface area contributed by atoms with Gasteiger partial charge in [-0.2, -0.15) is 5.26 Å². The van der Waals surface area contributed by atoms with Crippen molar-refractivity contribution in [2.75, 3.05) is 0 Å². The highest BCUT2D eigenvalue weighted by Crippen LogP contribution is 2.25. The average Bonchev–Trinajstić information content (AvgIpc) is 3.14. The third-order valence-electron chi connectivity index (χ3n) is 3.96. The molecule has 0 bridgehead atoms. The van der Waals surface area contributed by atoms with Crippen molar-refractivity contribution in [1.29, 1.82) is 5.26 Å². The number of nitrogens with zero attached hydrogens (tertiary/aromatic N) is 2. The zero-order chi connectivity index (χ0) is 18.0. The smallest absolute Gasteiger partial charge is 0.271 e. The van der Waals surface area contributed by atoms with Gasteiger partial charge in [0.1, 0.15) is 11.6 Å². The van der Waals surface area contributed by atoms with Gasteiger partial charge >= 0.3 is 0 Å². The minimum Gasteiger partial charge on any atom is -0.494 e. The number of hydrogen-bond acceptors (Lipinski definition) is 5. The fourth-order valence-corrected chi connectivity index (χ4v) is 2.67. The van der Waals surface area contributed by atoms with Gasteiger partial charge in [-0.05, 0) is 30.2 Å². The highest BCUT2D eigenvalue weighted by Gasteiger charge is 2.26. The zero-order valence-electron chi connectivity index (χ0n) is 13.4. The van der Waals surface area contributed by atoms with Gasteiger partial charge in [0.15, 0.2) is 5.76 Å². The summed E-state index contributed by atoms with van der Waals surface area (Å²) in [6.45, 7) is 1.50. The predicted octanol–water partition coefficient (Wildman–Crippen LogP) is 2.61. The van der Waals surface area contributed by atoms with E-state index in [1.165, 1.54) is 19.3 Å². The molecule has 3 aromatic rings. The summed E-state index contributed by atoms with van der Waals surface area (Å²) in [6.07, 6.45) is 1.34. The molecule has 124 valence electrons. The number of nitriles is 1. The topological polar surface area (TPSA) is 96.2 Å². The number of rotatable bonds is 4. The molecule has 6 heteroatoms. The SMILES string of the molecule is Cc1c(C(=O)c2ccco2)c(O)n(Cc2ccccc2)c(=O)c1C#N. The van der Waals surface area contributed by atoms with E-state index in [1.807, 2.05) is 12.1 Å². The Hall–Kier alpha value is -3.59. The highest BCUT2D eigenvalue weighted by atomic mass is 16.3. The van der Waals surface area contributed by atoms with Crippen LogP contribution in [-0.2, 0) is 6.54 Å². The van der Waals surface area contributed by atoms with E-state index >= 15 is 0 Å². The van der Waals surface area contributed by atoms with Crippen molar-refractivity contribution in [2.24, 2.45) is 0 Å². The number of aromatic hydroxyl groups is 1. The van der Waals surface area contributed by atoms with Gasteiger partial charge in [0.25, 0.3) is 5.56 Å². The van der Waals surface area contributed by atoms with Crippen LogP contribution in [0, 0.1) is 18.3 Å². The molecule has 2 heterocycles. The van der Waals surface area contributed by atoms with E-state index in [2.05, 4.69) is 0 Å². The maximum Gasteiger partial charge on any atom is 0.271 e. The van der Waals surface area contributed by atoms with Gasteiger partial charge < -0.3 is 9.52 Å². The summed E-state index contributed by atoms with van der Waals surface area (Å²) in [5.74, 6) is -1.04. The van der Waals surface area contributed by atoms with Crippen molar-refractivity contribution in [3.05, 3.63) is 87.1 Å². The molecule has 3 rings (SSSR count). The van der Waals surface area contributed by atoms with Crippen LogP contribution in [0.5, 0.6) is 5.88 Å². The van der Waals surface area contributed by atoms with Gasteiger partial charge in [0, 0.05) is 0 Å². The van der Waals surface area contributed by atoms with Crippen molar-refractivity contribution in [1.82, 2.24) is 4.57 Å². The first-order chi connectivity index (χ1) is 12.0. The lowest BCUT2D eigenvalue weighted by Crippen LogP contribution is -2.27. The van der Waals surface area contributed by atoms with Crippen molar-refractivity contribution in [3.8, 4) is 11.9 Å². The molecule has 0 radical (unpaired) electrons. The Bertz CT molecular complexity index is 1030. The van der Waals surface area contributed by atoms with E-state index in [9.17, 15) is 20.0 Å². The van der Waals surface area contributed by atoms with Gasteiger partial charge in [-0.25, -0.2) is 0 Å². The molecule has 1 N–H and O–H groups in total. The van der Waals surface area contributed by atoms with Crippen LogP contribution in [0.2, 0.25) is 0 Å².